The fourth-order valence-electron chi connectivity index (χ4n) is 2.74. The van der Waals surface area contributed by atoms with E-state index in [1.807, 2.05) is 6.20 Å². The monoisotopic (exact) mass is 233 g/mol. The fourth-order valence-corrected chi connectivity index (χ4v) is 2.74. The van der Waals surface area contributed by atoms with Crippen molar-refractivity contribution in [3.8, 4) is 0 Å². The molecular formula is C14H23N3. The van der Waals surface area contributed by atoms with Crippen LogP contribution in [0.2, 0.25) is 0 Å². The van der Waals surface area contributed by atoms with Crippen LogP contribution in [-0.4, -0.2) is 15.8 Å². The summed E-state index contributed by atoms with van der Waals surface area (Å²) in [7, 11) is 0. The van der Waals surface area contributed by atoms with Gasteiger partial charge in [0.25, 0.3) is 0 Å². The molecule has 1 heterocycles. The Bertz CT molecular complexity index is 346. The van der Waals surface area contributed by atoms with Gasteiger partial charge in [-0.2, -0.15) is 5.10 Å². The Morgan fingerprint density at radius 3 is 2.59 bits per heavy atom. The molecule has 0 bridgehead atoms. The van der Waals surface area contributed by atoms with E-state index in [0.717, 1.165) is 12.6 Å². The SMILES string of the molecule is c1nn(C2CCCCCC2)cc1CNC1CC1. The molecule has 3 nitrogen and oxygen atoms in total. The topological polar surface area (TPSA) is 29.9 Å². The molecule has 0 atom stereocenters. The Kier molecular flexibility index (Phi) is 3.46. The van der Waals surface area contributed by atoms with Crippen LogP contribution >= 0.6 is 0 Å². The maximum atomic E-state index is 4.56. The number of hydrogen-bond acceptors (Lipinski definition) is 2. The Morgan fingerprint density at radius 2 is 1.88 bits per heavy atom. The average Bonchev–Trinajstić information content (AvgIpc) is 3.12. The molecule has 0 saturated heterocycles. The largest absolute Gasteiger partial charge is 0.310 e. The van der Waals surface area contributed by atoms with Gasteiger partial charge in [0.05, 0.1) is 12.2 Å². The number of rotatable bonds is 4. The van der Waals surface area contributed by atoms with Crippen molar-refractivity contribution in [3.63, 3.8) is 0 Å². The van der Waals surface area contributed by atoms with Crippen molar-refractivity contribution in [2.45, 2.75) is 70.0 Å². The highest BCUT2D eigenvalue weighted by atomic mass is 15.3. The summed E-state index contributed by atoms with van der Waals surface area (Å²) in [5.74, 6) is 0. The Balaban J connectivity index is 1.57. The lowest BCUT2D eigenvalue weighted by Gasteiger charge is -2.14. The molecule has 0 aliphatic heterocycles. The molecule has 0 amide bonds. The van der Waals surface area contributed by atoms with E-state index in [0.29, 0.717) is 6.04 Å². The van der Waals surface area contributed by atoms with Crippen LogP contribution in [0.5, 0.6) is 0 Å². The van der Waals surface area contributed by atoms with Gasteiger partial charge in [-0.1, -0.05) is 25.7 Å². The molecule has 1 aromatic heterocycles. The summed E-state index contributed by atoms with van der Waals surface area (Å²) >= 11 is 0. The summed E-state index contributed by atoms with van der Waals surface area (Å²) < 4.78 is 2.22. The number of aromatic nitrogens is 2. The fraction of sp³-hybridized carbons (Fsp3) is 0.786. The molecule has 1 aromatic rings. The van der Waals surface area contributed by atoms with E-state index >= 15 is 0 Å². The molecule has 17 heavy (non-hydrogen) atoms. The molecule has 2 aliphatic carbocycles. The lowest BCUT2D eigenvalue weighted by atomic mass is 10.1. The smallest absolute Gasteiger partial charge is 0.0534 e. The van der Waals surface area contributed by atoms with Crippen LogP contribution in [0.25, 0.3) is 0 Å². The van der Waals surface area contributed by atoms with E-state index in [1.165, 1.54) is 56.9 Å². The van der Waals surface area contributed by atoms with Gasteiger partial charge in [-0.25, -0.2) is 0 Å². The van der Waals surface area contributed by atoms with Gasteiger partial charge < -0.3 is 5.32 Å². The van der Waals surface area contributed by atoms with Crippen molar-refractivity contribution in [1.29, 1.82) is 0 Å². The van der Waals surface area contributed by atoms with Gasteiger partial charge in [-0.3, -0.25) is 4.68 Å². The maximum Gasteiger partial charge on any atom is 0.0534 e. The van der Waals surface area contributed by atoms with Crippen molar-refractivity contribution in [3.05, 3.63) is 18.0 Å². The van der Waals surface area contributed by atoms with Crippen molar-refractivity contribution < 1.29 is 0 Å². The molecular weight excluding hydrogens is 210 g/mol. The molecule has 0 spiro atoms. The quantitative estimate of drug-likeness (QED) is 0.810. The van der Waals surface area contributed by atoms with E-state index in [4.69, 9.17) is 0 Å². The Morgan fingerprint density at radius 1 is 1.12 bits per heavy atom. The van der Waals surface area contributed by atoms with Gasteiger partial charge >= 0.3 is 0 Å². The maximum absolute atomic E-state index is 4.56. The van der Waals surface area contributed by atoms with E-state index in [1.54, 1.807) is 0 Å². The second kappa shape index (κ2) is 5.21. The van der Waals surface area contributed by atoms with Crippen LogP contribution in [0.4, 0.5) is 0 Å². The van der Waals surface area contributed by atoms with E-state index in [-0.39, 0.29) is 0 Å². The molecule has 0 radical (unpaired) electrons. The average molecular weight is 233 g/mol. The summed E-state index contributed by atoms with van der Waals surface area (Å²) in [6.45, 7) is 0.997. The first kappa shape index (κ1) is 11.3. The third kappa shape index (κ3) is 3.09. The zero-order valence-electron chi connectivity index (χ0n) is 10.6. The molecule has 0 aromatic carbocycles. The van der Waals surface area contributed by atoms with Crippen molar-refractivity contribution in [2.75, 3.05) is 0 Å². The van der Waals surface area contributed by atoms with E-state index in [2.05, 4.69) is 21.3 Å². The molecule has 2 fully saturated rings. The third-order valence-corrected chi connectivity index (χ3v) is 4.03. The van der Waals surface area contributed by atoms with Crippen LogP contribution in [0.1, 0.15) is 63.0 Å². The van der Waals surface area contributed by atoms with Crippen LogP contribution in [0.15, 0.2) is 12.4 Å². The highest BCUT2D eigenvalue weighted by Gasteiger charge is 2.20. The lowest BCUT2D eigenvalue weighted by Crippen LogP contribution is -2.15. The summed E-state index contributed by atoms with van der Waals surface area (Å²) in [6.07, 6.45) is 15.2. The van der Waals surface area contributed by atoms with E-state index < -0.39 is 0 Å². The lowest BCUT2D eigenvalue weighted by molar-refractivity contribution is 0.405. The molecule has 2 aliphatic rings. The van der Waals surface area contributed by atoms with Gasteiger partial charge in [0.2, 0.25) is 0 Å². The predicted octanol–water partition coefficient (Wildman–Crippen LogP) is 3.03. The number of nitrogens with zero attached hydrogens (tertiary/aromatic N) is 2. The standard InChI is InChI=1S/C14H23N3/c1-2-4-6-14(5-3-1)17-11-12(10-16-17)9-15-13-7-8-13/h10-11,13-15H,1-9H2. The summed E-state index contributed by atoms with van der Waals surface area (Å²) in [5, 5.41) is 8.10. The molecule has 3 heteroatoms. The molecule has 1 N–H and O–H groups in total. The van der Waals surface area contributed by atoms with Crippen molar-refractivity contribution in [1.82, 2.24) is 15.1 Å². The van der Waals surface area contributed by atoms with Gasteiger partial charge in [-0.15, -0.1) is 0 Å². The zero-order valence-corrected chi connectivity index (χ0v) is 10.6. The highest BCUT2D eigenvalue weighted by molar-refractivity contribution is 5.05. The molecule has 0 unspecified atom stereocenters. The summed E-state index contributed by atoms with van der Waals surface area (Å²) in [6, 6.07) is 1.45. The van der Waals surface area contributed by atoms with Crippen LogP contribution in [0, 0.1) is 0 Å². The minimum Gasteiger partial charge on any atom is -0.310 e. The van der Waals surface area contributed by atoms with Gasteiger partial charge in [0, 0.05) is 24.3 Å². The van der Waals surface area contributed by atoms with Crippen LogP contribution < -0.4 is 5.32 Å². The summed E-state index contributed by atoms with van der Waals surface area (Å²) in [5.41, 5.74) is 1.35. The van der Waals surface area contributed by atoms with Crippen LogP contribution in [0.3, 0.4) is 0 Å². The minimum absolute atomic E-state index is 0.659. The minimum atomic E-state index is 0.659. The first-order valence-electron chi connectivity index (χ1n) is 7.18. The molecule has 3 rings (SSSR count). The highest BCUT2D eigenvalue weighted by Crippen LogP contribution is 2.26. The number of hydrogen-bond donors (Lipinski definition) is 1. The van der Waals surface area contributed by atoms with Crippen LogP contribution in [-0.2, 0) is 6.54 Å². The normalized spacial score (nSPS) is 22.6. The predicted molar refractivity (Wildman–Crippen MR) is 68.8 cm³/mol. The zero-order chi connectivity index (χ0) is 11.5. The van der Waals surface area contributed by atoms with Crippen molar-refractivity contribution in [2.24, 2.45) is 0 Å². The molecule has 2 saturated carbocycles. The summed E-state index contributed by atoms with van der Waals surface area (Å²) in [4.78, 5) is 0. The first-order chi connectivity index (χ1) is 8.42. The molecule has 94 valence electrons. The van der Waals surface area contributed by atoms with Crippen molar-refractivity contribution >= 4 is 0 Å². The van der Waals surface area contributed by atoms with Gasteiger partial charge in [0.15, 0.2) is 0 Å². The number of nitrogens with one attached hydrogen (secondary N) is 1. The van der Waals surface area contributed by atoms with E-state index in [9.17, 15) is 0 Å². The van der Waals surface area contributed by atoms with Gasteiger partial charge in [-0.05, 0) is 25.7 Å². The third-order valence-electron chi connectivity index (χ3n) is 4.03. The Hall–Kier alpha value is -0.830. The first-order valence-corrected chi connectivity index (χ1v) is 7.18. The van der Waals surface area contributed by atoms with Gasteiger partial charge in [0.1, 0.15) is 0 Å². The second-order valence-electron chi connectivity index (χ2n) is 5.63. The second-order valence-corrected chi connectivity index (χ2v) is 5.63. The Labute approximate surface area is 104 Å².